The van der Waals surface area contributed by atoms with Crippen molar-refractivity contribution >= 4 is 61.3 Å². The Morgan fingerprint density at radius 2 is 1.17 bits per heavy atom. The second kappa shape index (κ2) is 18.3. The first-order chi connectivity index (χ1) is 22.9. The molecule has 1 aliphatic heterocycles. The Morgan fingerprint density at radius 1 is 0.660 bits per heavy atom. The van der Waals surface area contributed by atoms with Crippen LogP contribution in [0.15, 0.2) is 115 Å². The predicted molar refractivity (Wildman–Crippen MR) is 197 cm³/mol. The summed E-state index contributed by atoms with van der Waals surface area (Å²) in [4.78, 5) is 0. The Morgan fingerprint density at radius 3 is 1.72 bits per heavy atom. The molecule has 4 aromatic rings. The third-order valence-electron chi connectivity index (χ3n) is 7.79. The molecule has 0 saturated carbocycles. The van der Waals surface area contributed by atoms with Crippen LogP contribution in [0.2, 0.25) is 19.1 Å². The molecule has 0 bridgehead atoms. The number of rotatable bonds is 20. The topological polar surface area (TPSA) is 77.1 Å². The van der Waals surface area contributed by atoms with Gasteiger partial charge in [0, 0.05) is 14.2 Å². The van der Waals surface area contributed by atoms with Crippen molar-refractivity contribution in [2.45, 2.75) is 38.1 Å². The van der Waals surface area contributed by atoms with Gasteiger partial charge in [0.2, 0.25) is 0 Å². The summed E-state index contributed by atoms with van der Waals surface area (Å²) < 4.78 is 50.5. The molecule has 1 saturated heterocycles. The van der Waals surface area contributed by atoms with Gasteiger partial charge in [-0.2, -0.15) is 0 Å². The lowest BCUT2D eigenvalue weighted by Gasteiger charge is -2.31. The van der Waals surface area contributed by atoms with E-state index < -0.39 is 45.7 Å². The summed E-state index contributed by atoms with van der Waals surface area (Å²) in [6, 6.07) is 39.7. The van der Waals surface area contributed by atoms with Crippen LogP contribution in [0.5, 0.6) is 5.75 Å². The van der Waals surface area contributed by atoms with E-state index >= 15 is 0 Å². The fourth-order valence-electron chi connectivity index (χ4n) is 5.16. The molecule has 5 atom stereocenters. The van der Waals surface area contributed by atoms with Gasteiger partial charge in [-0.3, -0.25) is 0 Å². The molecular weight excluding hydrogens is 677 g/mol. The number of aryl methyl sites for hydroxylation is 1. The summed E-state index contributed by atoms with van der Waals surface area (Å²) in [7, 11) is -8.56. The molecule has 0 aromatic heterocycles. The SMILES string of the molecule is CO[SiH](O[SiH](O[SiH](O[SiH](OC)c1ccccc1)c1ccccc1)c1ccccc1)O[Si](C)(C)CCCc1ccccc1OCC1CO1. The predicted octanol–water partition coefficient (Wildman–Crippen LogP) is 3.06. The van der Waals surface area contributed by atoms with Crippen LogP contribution in [0.25, 0.3) is 0 Å². The average Bonchev–Trinajstić information content (AvgIpc) is 3.94. The normalized spacial score (nSPS) is 17.1. The van der Waals surface area contributed by atoms with Crippen molar-refractivity contribution in [3.63, 3.8) is 0 Å². The van der Waals surface area contributed by atoms with E-state index in [4.69, 9.17) is 34.8 Å². The molecule has 1 fully saturated rings. The molecule has 250 valence electrons. The number of hydrogen-bond acceptors (Lipinski definition) is 8. The number of epoxide rings is 1. The lowest BCUT2D eigenvalue weighted by atomic mass is 10.1. The van der Waals surface area contributed by atoms with Gasteiger partial charge in [-0.25, -0.2) is 0 Å². The highest BCUT2D eigenvalue weighted by Crippen LogP contribution is 2.24. The minimum Gasteiger partial charge on any atom is -0.491 e. The van der Waals surface area contributed by atoms with Crippen molar-refractivity contribution in [2.24, 2.45) is 0 Å². The van der Waals surface area contributed by atoms with Crippen LogP contribution in [-0.4, -0.2) is 79.2 Å². The first kappa shape index (κ1) is 35.8. The van der Waals surface area contributed by atoms with E-state index in [1.807, 2.05) is 66.7 Å². The van der Waals surface area contributed by atoms with E-state index in [-0.39, 0.29) is 6.10 Å². The van der Waals surface area contributed by atoms with Gasteiger partial charge >= 0.3 is 37.4 Å². The molecule has 0 amide bonds. The lowest BCUT2D eigenvalue weighted by molar-refractivity contribution is 0.228. The molecule has 1 heterocycles. The van der Waals surface area contributed by atoms with E-state index in [1.165, 1.54) is 5.56 Å². The van der Waals surface area contributed by atoms with Gasteiger partial charge in [0.15, 0.2) is 8.32 Å². The number of hydrogen-bond donors (Lipinski definition) is 0. The molecule has 4 aromatic carbocycles. The van der Waals surface area contributed by atoms with Gasteiger partial charge in [0.05, 0.1) is 6.61 Å². The molecule has 13 heteroatoms. The van der Waals surface area contributed by atoms with E-state index in [0.29, 0.717) is 6.61 Å². The van der Waals surface area contributed by atoms with E-state index in [0.717, 1.165) is 46.8 Å². The van der Waals surface area contributed by atoms with Crippen molar-refractivity contribution in [3.8, 4) is 5.75 Å². The van der Waals surface area contributed by atoms with E-state index in [9.17, 15) is 0 Å². The molecule has 0 aliphatic carbocycles. The molecule has 0 N–H and O–H groups in total. The Hall–Kier alpha value is -2.52. The maximum Gasteiger partial charge on any atom is 0.464 e. The zero-order valence-corrected chi connectivity index (χ0v) is 33.3. The van der Waals surface area contributed by atoms with Crippen LogP contribution in [-0.2, 0) is 36.5 Å². The third kappa shape index (κ3) is 11.6. The highest BCUT2D eigenvalue weighted by Gasteiger charge is 2.35. The molecule has 0 radical (unpaired) electrons. The molecular formula is C34H46O8Si5. The molecule has 1 aliphatic rings. The summed E-state index contributed by atoms with van der Waals surface area (Å²) in [6.45, 7) is 5.87. The van der Waals surface area contributed by atoms with Crippen LogP contribution >= 0.6 is 0 Å². The number of para-hydroxylation sites is 1. The lowest BCUT2D eigenvalue weighted by Crippen LogP contribution is -2.55. The van der Waals surface area contributed by atoms with Crippen LogP contribution < -0.4 is 20.3 Å². The standard InChI is InChI=1S/C34H46O8Si5/c1-35-43(31-19-8-5-9-20-31)39-44(32-21-10-6-11-22-32)40-45(33-23-12-7-13-24-33)41-46(36-2)42-47(3,4)26-16-18-29-17-14-15-25-34(29)38-28-30-27-37-30/h5-15,17,19-25,30,43-46H,16,18,26-28H2,1-4H3. The Bertz CT molecular complexity index is 1470. The summed E-state index contributed by atoms with van der Waals surface area (Å²) in [6.07, 6.45) is 2.13. The highest BCUT2D eigenvalue weighted by atomic mass is 28.5. The molecule has 8 nitrogen and oxygen atoms in total. The maximum atomic E-state index is 6.98. The van der Waals surface area contributed by atoms with Gasteiger partial charge in [-0.15, -0.1) is 0 Å². The monoisotopic (exact) mass is 722 g/mol. The Kier molecular flexibility index (Phi) is 13.9. The minimum atomic E-state index is -2.56. The summed E-state index contributed by atoms with van der Waals surface area (Å²) >= 11 is 0. The van der Waals surface area contributed by atoms with Crippen molar-refractivity contribution < 1.29 is 34.8 Å². The van der Waals surface area contributed by atoms with Crippen molar-refractivity contribution in [1.29, 1.82) is 0 Å². The largest absolute Gasteiger partial charge is 0.491 e. The van der Waals surface area contributed by atoms with Crippen molar-refractivity contribution in [2.75, 3.05) is 27.4 Å². The second-order valence-corrected chi connectivity index (χ2v) is 25.7. The zero-order valence-electron chi connectivity index (χ0n) is 27.7. The van der Waals surface area contributed by atoms with Crippen molar-refractivity contribution in [1.82, 2.24) is 0 Å². The summed E-state index contributed by atoms with van der Waals surface area (Å²) in [5.41, 5.74) is 1.21. The van der Waals surface area contributed by atoms with Gasteiger partial charge in [0.25, 0.3) is 0 Å². The second-order valence-electron chi connectivity index (χ2n) is 12.0. The van der Waals surface area contributed by atoms with Crippen molar-refractivity contribution in [3.05, 3.63) is 121 Å². The average molecular weight is 723 g/mol. The Labute approximate surface area is 287 Å². The number of ether oxygens (including phenoxy) is 2. The van der Waals surface area contributed by atoms with Gasteiger partial charge in [-0.1, -0.05) is 109 Å². The van der Waals surface area contributed by atoms with Gasteiger partial charge < -0.3 is 34.8 Å². The van der Waals surface area contributed by atoms with Crippen LogP contribution in [0.3, 0.4) is 0 Å². The quantitative estimate of drug-likeness (QED) is 0.102. The number of benzene rings is 4. The molecule has 0 spiro atoms. The highest BCUT2D eigenvalue weighted by molar-refractivity contribution is 6.82. The fourth-order valence-corrected chi connectivity index (χ4v) is 20.0. The molecule has 47 heavy (non-hydrogen) atoms. The molecule has 5 unspecified atom stereocenters. The maximum absolute atomic E-state index is 6.98. The molecule has 5 rings (SSSR count). The first-order valence-corrected chi connectivity index (χ1v) is 25.2. The zero-order chi connectivity index (χ0) is 32.9. The van der Waals surface area contributed by atoms with Gasteiger partial charge in [-0.05, 0) is 59.2 Å². The van der Waals surface area contributed by atoms with E-state index in [2.05, 4.69) is 61.6 Å². The summed E-state index contributed by atoms with van der Waals surface area (Å²) in [5, 5.41) is 3.12. The van der Waals surface area contributed by atoms with Crippen LogP contribution in [0.1, 0.15) is 12.0 Å². The van der Waals surface area contributed by atoms with Crippen LogP contribution in [0, 0.1) is 0 Å². The smallest absolute Gasteiger partial charge is 0.464 e. The third-order valence-corrected chi connectivity index (χ3v) is 22.1. The van der Waals surface area contributed by atoms with E-state index in [1.54, 1.807) is 14.2 Å². The first-order valence-electron chi connectivity index (χ1n) is 16.1. The Balaban J connectivity index is 1.26. The van der Waals surface area contributed by atoms with Crippen LogP contribution in [0.4, 0.5) is 0 Å². The fraction of sp³-hybridized carbons (Fsp3) is 0.294. The summed E-state index contributed by atoms with van der Waals surface area (Å²) in [5.74, 6) is 0.940. The minimum absolute atomic E-state index is 0.232. The van der Waals surface area contributed by atoms with Gasteiger partial charge in [0.1, 0.15) is 18.5 Å².